The Balaban J connectivity index is 1.74. The van der Waals surface area contributed by atoms with Gasteiger partial charge >= 0.3 is 10.2 Å². The van der Waals surface area contributed by atoms with Crippen molar-refractivity contribution in [2.75, 3.05) is 10.5 Å². The molecule has 12 heteroatoms. The Morgan fingerprint density at radius 1 is 1.06 bits per heavy atom. The summed E-state index contributed by atoms with van der Waals surface area (Å²) >= 11 is 6.19. The fourth-order valence-corrected chi connectivity index (χ4v) is 4.11. The van der Waals surface area contributed by atoms with E-state index >= 15 is 0 Å². The first-order valence-corrected chi connectivity index (χ1v) is 10.7. The second-order valence-corrected chi connectivity index (χ2v) is 8.15. The number of hydrogen-bond donors (Lipinski definition) is 4. The second-order valence-electron chi connectivity index (χ2n) is 6.40. The van der Waals surface area contributed by atoms with Crippen molar-refractivity contribution >= 4 is 44.9 Å². The molecule has 0 aliphatic heterocycles. The van der Waals surface area contributed by atoms with Crippen LogP contribution in [0.1, 0.15) is 10.4 Å². The van der Waals surface area contributed by atoms with Crippen LogP contribution in [0.5, 0.6) is 0 Å². The number of halogens is 1. The van der Waals surface area contributed by atoms with Crippen LogP contribution >= 0.6 is 11.6 Å². The first-order valence-electron chi connectivity index (χ1n) is 8.82. The average molecular weight is 459 g/mol. The largest absolute Gasteiger partial charge is 0.384 e. The molecule has 158 valence electrons. The lowest BCUT2D eigenvalue weighted by Crippen LogP contribution is -2.39. The van der Waals surface area contributed by atoms with E-state index in [1.807, 2.05) is 6.07 Å². The van der Waals surface area contributed by atoms with E-state index in [2.05, 4.69) is 14.7 Å². The van der Waals surface area contributed by atoms with E-state index < -0.39 is 27.2 Å². The SMILES string of the molecule is Nc1c(C(=O)NS(=O)(=O)Nc2ccccc2)c(=O)[nH]c2c(-c3ccccc3)nc(Cl)n12. The number of benzene rings is 2. The summed E-state index contributed by atoms with van der Waals surface area (Å²) < 4.78 is 29.7. The molecular weight excluding hydrogens is 444 g/mol. The number of aromatic amines is 1. The molecule has 0 bridgehead atoms. The van der Waals surface area contributed by atoms with E-state index in [4.69, 9.17) is 17.3 Å². The van der Waals surface area contributed by atoms with Crippen molar-refractivity contribution in [2.24, 2.45) is 0 Å². The molecule has 0 unspecified atom stereocenters. The van der Waals surface area contributed by atoms with Gasteiger partial charge in [0.1, 0.15) is 22.7 Å². The van der Waals surface area contributed by atoms with Gasteiger partial charge in [0.05, 0.1) is 5.69 Å². The number of imidazole rings is 1. The number of aromatic nitrogens is 3. The summed E-state index contributed by atoms with van der Waals surface area (Å²) in [4.78, 5) is 32.0. The van der Waals surface area contributed by atoms with Gasteiger partial charge in [-0.1, -0.05) is 48.5 Å². The Labute approximate surface area is 180 Å². The normalized spacial score (nSPS) is 11.4. The van der Waals surface area contributed by atoms with Crippen LogP contribution in [-0.2, 0) is 10.2 Å². The summed E-state index contributed by atoms with van der Waals surface area (Å²) in [5, 5.41) is -0.109. The first kappa shape index (κ1) is 20.4. The van der Waals surface area contributed by atoms with Gasteiger partial charge in [0, 0.05) is 5.56 Å². The molecule has 0 fully saturated rings. The molecule has 5 N–H and O–H groups in total. The third kappa shape index (κ3) is 3.96. The number of hydrogen-bond acceptors (Lipinski definition) is 6. The lowest BCUT2D eigenvalue weighted by atomic mass is 10.1. The highest BCUT2D eigenvalue weighted by Gasteiger charge is 2.25. The van der Waals surface area contributed by atoms with E-state index in [1.54, 1.807) is 47.2 Å². The van der Waals surface area contributed by atoms with E-state index in [-0.39, 0.29) is 22.4 Å². The topological polar surface area (TPSA) is 151 Å². The minimum absolute atomic E-state index is 0.109. The Bertz CT molecular complexity index is 1450. The molecule has 4 rings (SSSR count). The molecule has 1 amide bonds. The Hall–Kier alpha value is -3.83. The molecule has 0 aliphatic carbocycles. The van der Waals surface area contributed by atoms with Crippen molar-refractivity contribution < 1.29 is 13.2 Å². The lowest BCUT2D eigenvalue weighted by molar-refractivity contribution is 0.0980. The van der Waals surface area contributed by atoms with Gasteiger partial charge in [-0.2, -0.15) is 8.42 Å². The number of carbonyl (C=O) groups is 1. The van der Waals surface area contributed by atoms with Crippen LogP contribution in [0.4, 0.5) is 11.5 Å². The van der Waals surface area contributed by atoms with Gasteiger partial charge < -0.3 is 10.7 Å². The smallest absolute Gasteiger partial charge is 0.323 e. The number of nitrogens with zero attached hydrogens (tertiary/aromatic N) is 2. The number of fused-ring (bicyclic) bond motifs is 1. The minimum atomic E-state index is -4.33. The van der Waals surface area contributed by atoms with Crippen molar-refractivity contribution in [3.8, 4) is 11.3 Å². The highest BCUT2D eigenvalue weighted by molar-refractivity contribution is 7.91. The molecule has 0 spiro atoms. The zero-order valence-corrected chi connectivity index (χ0v) is 17.2. The van der Waals surface area contributed by atoms with Crippen LogP contribution in [0.3, 0.4) is 0 Å². The second kappa shape index (κ2) is 7.78. The summed E-state index contributed by atoms with van der Waals surface area (Å²) in [7, 11) is -4.33. The lowest BCUT2D eigenvalue weighted by Gasteiger charge is -2.11. The van der Waals surface area contributed by atoms with E-state index in [9.17, 15) is 18.0 Å². The fourth-order valence-electron chi connectivity index (χ4n) is 3.00. The number of carbonyl (C=O) groups excluding carboxylic acids is 1. The maximum absolute atomic E-state index is 12.6. The van der Waals surface area contributed by atoms with Crippen LogP contribution in [0.25, 0.3) is 16.9 Å². The average Bonchev–Trinajstić information content (AvgIpc) is 3.05. The molecule has 2 heterocycles. The fraction of sp³-hybridized carbons (Fsp3) is 0. The number of nitrogens with one attached hydrogen (secondary N) is 3. The van der Waals surface area contributed by atoms with Gasteiger partial charge in [0.25, 0.3) is 11.5 Å². The van der Waals surface area contributed by atoms with Gasteiger partial charge in [0.15, 0.2) is 0 Å². The van der Waals surface area contributed by atoms with E-state index in [0.29, 0.717) is 11.3 Å². The highest BCUT2D eigenvalue weighted by Crippen LogP contribution is 2.27. The predicted octanol–water partition coefficient (Wildman–Crippen LogP) is 2.01. The number of amides is 1. The summed E-state index contributed by atoms with van der Waals surface area (Å²) in [5.41, 5.74) is 5.91. The quantitative estimate of drug-likeness (QED) is 0.359. The third-order valence-corrected chi connectivity index (χ3v) is 5.53. The molecule has 0 saturated heterocycles. The number of H-pyrrole nitrogens is 1. The summed E-state index contributed by atoms with van der Waals surface area (Å²) in [6, 6.07) is 16.8. The monoisotopic (exact) mass is 458 g/mol. The van der Waals surface area contributed by atoms with Crippen LogP contribution in [-0.4, -0.2) is 28.7 Å². The van der Waals surface area contributed by atoms with Crippen LogP contribution < -0.4 is 20.7 Å². The van der Waals surface area contributed by atoms with Crippen molar-refractivity contribution in [3.05, 3.63) is 81.9 Å². The molecule has 0 radical (unpaired) electrons. The van der Waals surface area contributed by atoms with Crippen molar-refractivity contribution in [1.82, 2.24) is 19.1 Å². The number of anilines is 2. The Morgan fingerprint density at radius 3 is 2.32 bits per heavy atom. The van der Waals surface area contributed by atoms with Crippen molar-refractivity contribution in [2.45, 2.75) is 0 Å². The van der Waals surface area contributed by atoms with E-state index in [0.717, 1.165) is 4.40 Å². The summed E-state index contributed by atoms with van der Waals surface area (Å²) in [6.07, 6.45) is 0. The van der Waals surface area contributed by atoms with Gasteiger partial charge in [0.2, 0.25) is 5.28 Å². The standard InChI is InChI=1S/C19H15ClN6O4S/c20-19-22-14(11-7-3-1-4-8-11)16-23-17(27)13(15(21)26(16)19)18(28)25-31(29,30)24-12-9-5-2-6-10-12/h1-10,24H,21H2,(H,23,27)(H,25,28). The van der Waals surface area contributed by atoms with Crippen molar-refractivity contribution in [3.63, 3.8) is 0 Å². The third-order valence-electron chi connectivity index (χ3n) is 4.32. The number of nitrogens with two attached hydrogens (primary N) is 1. The summed E-state index contributed by atoms with van der Waals surface area (Å²) in [5.74, 6) is -1.58. The molecule has 0 saturated carbocycles. The highest BCUT2D eigenvalue weighted by atomic mass is 35.5. The molecule has 4 aromatic rings. The zero-order chi connectivity index (χ0) is 22.2. The van der Waals surface area contributed by atoms with Crippen LogP contribution in [0.15, 0.2) is 65.5 Å². The van der Waals surface area contributed by atoms with Gasteiger partial charge in [-0.3, -0.25) is 18.7 Å². The molecule has 2 aromatic carbocycles. The van der Waals surface area contributed by atoms with Crippen LogP contribution in [0, 0.1) is 0 Å². The maximum atomic E-state index is 12.6. The number of para-hydroxylation sites is 1. The Morgan fingerprint density at radius 2 is 1.68 bits per heavy atom. The molecule has 0 atom stereocenters. The van der Waals surface area contributed by atoms with Gasteiger partial charge in [-0.15, -0.1) is 0 Å². The van der Waals surface area contributed by atoms with E-state index in [1.165, 1.54) is 12.1 Å². The number of rotatable bonds is 5. The molecular formula is C19H15ClN6O4S. The predicted molar refractivity (Wildman–Crippen MR) is 117 cm³/mol. The molecule has 31 heavy (non-hydrogen) atoms. The number of nitrogen functional groups attached to an aromatic ring is 1. The molecule has 10 nitrogen and oxygen atoms in total. The van der Waals surface area contributed by atoms with Crippen LogP contribution in [0.2, 0.25) is 5.28 Å². The van der Waals surface area contributed by atoms with Crippen molar-refractivity contribution in [1.29, 1.82) is 0 Å². The maximum Gasteiger partial charge on any atom is 0.323 e. The zero-order valence-electron chi connectivity index (χ0n) is 15.7. The Kier molecular flexibility index (Phi) is 5.13. The first-order chi connectivity index (χ1) is 14.8. The minimum Gasteiger partial charge on any atom is -0.384 e. The summed E-state index contributed by atoms with van der Waals surface area (Å²) in [6.45, 7) is 0. The van der Waals surface area contributed by atoms with Gasteiger partial charge in [-0.05, 0) is 23.7 Å². The molecule has 2 aromatic heterocycles. The molecule has 0 aliphatic rings. The van der Waals surface area contributed by atoms with Gasteiger partial charge in [-0.25, -0.2) is 9.71 Å².